The van der Waals surface area contributed by atoms with Gasteiger partial charge >= 0.3 is 5.97 Å². The van der Waals surface area contributed by atoms with E-state index in [1.807, 2.05) is 25.1 Å². The van der Waals surface area contributed by atoms with E-state index in [-0.39, 0.29) is 5.97 Å². The summed E-state index contributed by atoms with van der Waals surface area (Å²) in [4.78, 5) is 16.1. The fourth-order valence-electron chi connectivity index (χ4n) is 1.83. The number of ether oxygens (including phenoxy) is 1. The van der Waals surface area contributed by atoms with Crippen LogP contribution < -0.4 is 5.73 Å². The van der Waals surface area contributed by atoms with Crippen molar-refractivity contribution in [2.45, 2.75) is 19.9 Å². The zero-order valence-corrected chi connectivity index (χ0v) is 10.9. The third-order valence-electron chi connectivity index (χ3n) is 2.79. The van der Waals surface area contributed by atoms with Gasteiger partial charge in [-0.1, -0.05) is 6.07 Å². The first kappa shape index (κ1) is 13.1. The molecule has 2 N–H and O–H groups in total. The van der Waals surface area contributed by atoms with Gasteiger partial charge in [-0.05, 0) is 25.1 Å². The number of aromatic nitrogens is 2. The molecular weight excluding hydrogens is 242 g/mol. The minimum Gasteiger partial charge on any atom is -0.461 e. The van der Waals surface area contributed by atoms with Crippen LogP contribution in [0.25, 0.3) is 0 Å². The molecule has 5 heteroatoms. The second-order valence-corrected chi connectivity index (χ2v) is 4.15. The van der Waals surface area contributed by atoms with Crippen LogP contribution in [-0.4, -0.2) is 22.1 Å². The normalized spacial score (nSPS) is 10.4. The van der Waals surface area contributed by atoms with Gasteiger partial charge in [-0.2, -0.15) is 0 Å². The van der Waals surface area contributed by atoms with Gasteiger partial charge in [0.1, 0.15) is 5.69 Å². The van der Waals surface area contributed by atoms with Gasteiger partial charge in [-0.3, -0.25) is 4.98 Å². The van der Waals surface area contributed by atoms with E-state index in [2.05, 4.69) is 4.98 Å². The first-order valence-electron chi connectivity index (χ1n) is 6.23. The Morgan fingerprint density at radius 2 is 2.32 bits per heavy atom. The van der Waals surface area contributed by atoms with E-state index in [1.165, 1.54) is 0 Å². The van der Waals surface area contributed by atoms with E-state index in [4.69, 9.17) is 10.5 Å². The monoisotopic (exact) mass is 259 g/mol. The number of hydrogen-bond acceptors (Lipinski definition) is 4. The molecule has 0 atom stereocenters. The van der Waals surface area contributed by atoms with E-state index in [1.54, 1.807) is 23.0 Å². The van der Waals surface area contributed by atoms with Crippen molar-refractivity contribution in [2.75, 3.05) is 12.3 Å². The topological polar surface area (TPSA) is 70.1 Å². The fourth-order valence-corrected chi connectivity index (χ4v) is 1.83. The highest BCUT2D eigenvalue weighted by Crippen LogP contribution is 2.12. The molecule has 0 aromatic carbocycles. The van der Waals surface area contributed by atoms with Crippen LogP contribution in [0.1, 0.15) is 23.1 Å². The predicted octanol–water partition coefficient (Wildman–Crippen LogP) is 1.88. The summed E-state index contributed by atoms with van der Waals surface area (Å²) in [6, 6.07) is 7.30. The Kier molecular flexibility index (Phi) is 4.18. The van der Waals surface area contributed by atoms with Crippen molar-refractivity contribution in [2.24, 2.45) is 0 Å². The zero-order chi connectivity index (χ0) is 13.7. The van der Waals surface area contributed by atoms with Gasteiger partial charge < -0.3 is 15.0 Å². The number of rotatable bonds is 5. The van der Waals surface area contributed by atoms with Gasteiger partial charge in [0.25, 0.3) is 0 Å². The molecule has 0 aliphatic rings. The van der Waals surface area contributed by atoms with Crippen molar-refractivity contribution >= 4 is 11.7 Å². The standard InChI is InChI=1S/C14H17N3O2/c1-2-17-10-11(15)9-13(17)14(18)19-8-6-12-5-3-4-7-16-12/h3-5,7,9-10H,2,6,8,15H2,1H3. The summed E-state index contributed by atoms with van der Waals surface area (Å²) < 4.78 is 7.01. The summed E-state index contributed by atoms with van der Waals surface area (Å²) in [6.07, 6.45) is 4.06. The molecule has 0 saturated heterocycles. The van der Waals surface area contributed by atoms with Crippen molar-refractivity contribution in [1.82, 2.24) is 9.55 Å². The van der Waals surface area contributed by atoms with Crippen LogP contribution in [0.15, 0.2) is 36.7 Å². The fraction of sp³-hybridized carbons (Fsp3) is 0.286. The minimum atomic E-state index is -0.352. The lowest BCUT2D eigenvalue weighted by Crippen LogP contribution is -2.13. The lowest BCUT2D eigenvalue weighted by Gasteiger charge is -2.06. The van der Waals surface area contributed by atoms with Gasteiger partial charge in [0.2, 0.25) is 0 Å². The Morgan fingerprint density at radius 3 is 3.00 bits per heavy atom. The lowest BCUT2D eigenvalue weighted by molar-refractivity contribution is 0.0496. The van der Waals surface area contributed by atoms with Gasteiger partial charge in [0, 0.05) is 31.1 Å². The number of anilines is 1. The summed E-state index contributed by atoms with van der Waals surface area (Å²) in [7, 11) is 0. The van der Waals surface area contributed by atoms with Crippen molar-refractivity contribution in [3.8, 4) is 0 Å². The molecule has 0 spiro atoms. The predicted molar refractivity (Wildman–Crippen MR) is 72.7 cm³/mol. The number of carbonyl (C=O) groups is 1. The number of hydrogen-bond donors (Lipinski definition) is 1. The highest BCUT2D eigenvalue weighted by molar-refractivity contribution is 5.89. The number of nitrogen functional groups attached to an aromatic ring is 1. The summed E-state index contributed by atoms with van der Waals surface area (Å²) in [6.45, 7) is 2.94. The molecule has 2 rings (SSSR count). The van der Waals surface area contributed by atoms with Crippen LogP contribution in [0.3, 0.4) is 0 Å². The highest BCUT2D eigenvalue weighted by atomic mass is 16.5. The molecule has 0 aliphatic heterocycles. The average molecular weight is 259 g/mol. The Balaban J connectivity index is 1.91. The van der Waals surface area contributed by atoms with Crippen LogP contribution in [0.4, 0.5) is 5.69 Å². The smallest absolute Gasteiger partial charge is 0.355 e. The maximum atomic E-state index is 11.9. The summed E-state index contributed by atoms with van der Waals surface area (Å²) in [5.74, 6) is -0.352. The van der Waals surface area contributed by atoms with Gasteiger partial charge in [0.15, 0.2) is 0 Å². The third kappa shape index (κ3) is 3.34. The molecule has 0 saturated carbocycles. The van der Waals surface area contributed by atoms with Crippen LogP contribution in [0.5, 0.6) is 0 Å². The van der Waals surface area contributed by atoms with Crippen LogP contribution in [-0.2, 0) is 17.7 Å². The molecule has 0 amide bonds. The molecule has 5 nitrogen and oxygen atoms in total. The van der Waals surface area contributed by atoms with Crippen molar-refractivity contribution in [3.63, 3.8) is 0 Å². The van der Waals surface area contributed by atoms with E-state index in [0.29, 0.717) is 31.0 Å². The van der Waals surface area contributed by atoms with Gasteiger partial charge in [-0.25, -0.2) is 4.79 Å². The summed E-state index contributed by atoms with van der Waals surface area (Å²) in [5.41, 5.74) is 7.63. The molecule has 0 fully saturated rings. The quantitative estimate of drug-likeness (QED) is 0.832. The Labute approximate surface area is 112 Å². The van der Waals surface area contributed by atoms with Crippen LogP contribution >= 0.6 is 0 Å². The number of aryl methyl sites for hydroxylation is 1. The molecule has 2 heterocycles. The lowest BCUT2D eigenvalue weighted by atomic mass is 10.3. The largest absolute Gasteiger partial charge is 0.461 e. The third-order valence-corrected chi connectivity index (χ3v) is 2.79. The minimum absolute atomic E-state index is 0.310. The maximum Gasteiger partial charge on any atom is 0.355 e. The van der Waals surface area contributed by atoms with Crippen molar-refractivity contribution in [1.29, 1.82) is 0 Å². The Morgan fingerprint density at radius 1 is 1.47 bits per heavy atom. The highest BCUT2D eigenvalue weighted by Gasteiger charge is 2.13. The number of carbonyl (C=O) groups excluding carboxylic acids is 1. The second kappa shape index (κ2) is 6.04. The molecule has 19 heavy (non-hydrogen) atoms. The number of esters is 1. The number of pyridine rings is 1. The number of nitrogens with two attached hydrogens (primary N) is 1. The molecule has 0 aliphatic carbocycles. The van der Waals surface area contributed by atoms with Crippen LogP contribution in [0.2, 0.25) is 0 Å². The molecular formula is C14H17N3O2. The van der Waals surface area contributed by atoms with Crippen LogP contribution in [0, 0.1) is 0 Å². The molecule has 0 bridgehead atoms. The summed E-state index contributed by atoms with van der Waals surface area (Å²) >= 11 is 0. The zero-order valence-electron chi connectivity index (χ0n) is 10.9. The first-order chi connectivity index (χ1) is 9.20. The van der Waals surface area contributed by atoms with Gasteiger partial charge in [0.05, 0.1) is 12.3 Å². The van der Waals surface area contributed by atoms with E-state index in [9.17, 15) is 4.79 Å². The molecule has 2 aromatic rings. The van der Waals surface area contributed by atoms with E-state index in [0.717, 1.165) is 5.69 Å². The maximum absolute atomic E-state index is 11.9. The summed E-state index contributed by atoms with van der Waals surface area (Å²) in [5, 5.41) is 0. The molecule has 0 radical (unpaired) electrons. The molecule has 2 aromatic heterocycles. The molecule has 100 valence electrons. The average Bonchev–Trinajstić information content (AvgIpc) is 2.81. The van der Waals surface area contributed by atoms with E-state index >= 15 is 0 Å². The van der Waals surface area contributed by atoms with Crippen molar-refractivity contribution in [3.05, 3.63) is 48.0 Å². The Hall–Kier alpha value is -2.30. The second-order valence-electron chi connectivity index (χ2n) is 4.15. The van der Waals surface area contributed by atoms with E-state index < -0.39 is 0 Å². The van der Waals surface area contributed by atoms with Crippen molar-refractivity contribution < 1.29 is 9.53 Å². The number of nitrogens with zero attached hydrogens (tertiary/aromatic N) is 2. The van der Waals surface area contributed by atoms with Gasteiger partial charge in [-0.15, -0.1) is 0 Å². The first-order valence-corrected chi connectivity index (χ1v) is 6.23. The SMILES string of the molecule is CCn1cc(N)cc1C(=O)OCCc1ccccn1. The Bertz CT molecular complexity index is 549. The molecule has 0 unspecified atom stereocenters.